The third kappa shape index (κ3) is 2.85. The Morgan fingerprint density at radius 3 is 2.65 bits per heavy atom. The Kier molecular flexibility index (Phi) is 3.77. The molecule has 0 amide bonds. The maximum absolute atomic E-state index is 5.40. The molecule has 0 bridgehead atoms. The van der Waals surface area contributed by atoms with Crippen molar-refractivity contribution < 1.29 is 9.15 Å². The number of rotatable bonds is 5. The average Bonchev–Trinajstić information content (AvgIpc) is 2.86. The molecule has 0 spiro atoms. The number of hydrogen-bond donors (Lipinski definition) is 1. The van der Waals surface area contributed by atoms with Gasteiger partial charge in [0.1, 0.15) is 24.3 Å². The second-order valence-corrected chi connectivity index (χ2v) is 3.64. The highest BCUT2D eigenvalue weighted by molar-refractivity contribution is 5.58. The van der Waals surface area contributed by atoms with Gasteiger partial charge in [-0.1, -0.05) is 6.92 Å². The molecule has 0 atom stereocenters. The monoisotopic (exact) mass is 232 g/mol. The van der Waals surface area contributed by atoms with Crippen molar-refractivity contribution in [3.8, 4) is 17.0 Å². The van der Waals surface area contributed by atoms with Gasteiger partial charge in [-0.15, -0.1) is 0 Å². The average molecular weight is 232 g/mol. The van der Waals surface area contributed by atoms with Gasteiger partial charge in [-0.05, 0) is 24.3 Å². The van der Waals surface area contributed by atoms with Gasteiger partial charge in [-0.2, -0.15) is 0 Å². The minimum atomic E-state index is 0.519. The van der Waals surface area contributed by atoms with Crippen molar-refractivity contribution in [1.82, 2.24) is 4.98 Å². The molecule has 0 saturated heterocycles. The molecule has 2 aromatic rings. The van der Waals surface area contributed by atoms with Gasteiger partial charge in [0.25, 0.3) is 0 Å². The molecular formula is C13H16N2O2. The van der Waals surface area contributed by atoms with Crippen molar-refractivity contribution in [3.05, 3.63) is 36.4 Å². The number of ether oxygens (including phenoxy) is 1. The fourth-order valence-corrected chi connectivity index (χ4v) is 1.50. The fourth-order valence-electron chi connectivity index (χ4n) is 1.50. The number of benzene rings is 1. The van der Waals surface area contributed by atoms with Crippen LogP contribution in [-0.4, -0.2) is 18.1 Å². The van der Waals surface area contributed by atoms with Crippen LogP contribution in [0.2, 0.25) is 0 Å². The van der Waals surface area contributed by atoms with Crippen LogP contribution >= 0.6 is 0 Å². The number of hydrogen-bond acceptors (Lipinski definition) is 4. The number of oxazole rings is 1. The van der Waals surface area contributed by atoms with Crippen LogP contribution in [0.4, 0.5) is 0 Å². The summed E-state index contributed by atoms with van der Waals surface area (Å²) in [5, 5.41) is 0. The van der Waals surface area contributed by atoms with Crippen LogP contribution in [0.25, 0.3) is 11.3 Å². The Hall–Kier alpha value is -1.81. The predicted molar refractivity (Wildman–Crippen MR) is 65.9 cm³/mol. The molecule has 1 aromatic carbocycles. The van der Waals surface area contributed by atoms with E-state index < -0.39 is 0 Å². The van der Waals surface area contributed by atoms with Crippen molar-refractivity contribution in [2.45, 2.75) is 13.3 Å². The topological polar surface area (TPSA) is 61.3 Å². The lowest BCUT2D eigenvalue weighted by Crippen LogP contribution is -2.10. The van der Waals surface area contributed by atoms with Gasteiger partial charge in [-0.25, -0.2) is 4.98 Å². The minimum absolute atomic E-state index is 0.519. The van der Waals surface area contributed by atoms with Crippen molar-refractivity contribution in [1.29, 1.82) is 0 Å². The minimum Gasteiger partial charge on any atom is -0.492 e. The molecule has 0 aliphatic heterocycles. The van der Waals surface area contributed by atoms with Crippen molar-refractivity contribution in [2.24, 2.45) is 5.73 Å². The van der Waals surface area contributed by atoms with Gasteiger partial charge in [0, 0.05) is 18.5 Å². The van der Waals surface area contributed by atoms with Gasteiger partial charge >= 0.3 is 0 Å². The lowest BCUT2D eigenvalue weighted by molar-refractivity contribution is 0.328. The molecule has 0 aliphatic carbocycles. The van der Waals surface area contributed by atoms with E-state index in [1.807, 2.05) is 31.2 Å². The zero-order chi connectivity index (χ0) is 12.1. The number of nitrogens with two attached hydrogens (primary N) is 1. The van der Waals surface area contributed by atoms with Crippen LogP contribution in [-0.2, 0) is 6.42 Å². The highest BCUT2D eigenvalue weighted by Gasteiger charge is 2.04. The summed E-state index contributed by atoms with van der Waals surface area (Å²) < 4.78 is 10.7. The second-order valence-electron chi connectivity index (χ2n) is 3.64. The summed E-state index contributed by atoms with van der Waals surface area (Å²) >= 11 is 0. The van der Waals surface area contributed by atoms with Gasteiger partial charge in [0.05, 0.1) is 0 Å². The molecule has 1 aromatic heterocycles. The fraction of sp³-hybridized carbons (Fsp3) is 0.308. The van der Waals surface area contributed by atoms with Crippen LogP contribution in [0.15, 0.2) is 34.9 Å². The van der Waals surface area contributed by atoms with Crippen LogP contribution in [0.1, 0.15) is 12.8 Å². The molecule has 2 rings (SSSR count). The molecule has 0 unspecified atom stereocenters. The highest BCUT2D eigenvalue weighted by Crippen LogP contribution is 2.21. The van der Waals surface area contributed by atoms with Crippen LogP contribution in [0.3, 0.4) is 0 Å². The molecule has 0 radical (unpaired) electrons. The van der Waals surface area contributed by atoms with Gasteiger partial charge < -0.3 is 14.9 Å². The summed E-state index contributed by atoms with van der Waals surface area (Å²) in [5.41, 5.74) is 7.24. The molecule has 17 heavy (non-hydrogen) atoms. The zero-order valence-corrected chi connectivity index (χ0v) is 9.85. The Morgan fingerprint density at radius 1 is 1.29 bits per heavy atom. The van der Waals surface area contributed by atoms with Crippen molar-refractivity contribution in [3.63, 3.8) is 0 Å². The van der Waals surface area contributed by atoms with Crippen molar-refractivity contribution in [2.75, 3.05) is 13.2 Å². The van der Waals surface area contributed by atoms with E-state index in [0.717, 1.165) is 29.3 Å². The predicted octanol–water partition coefficient (Wildman–Crippen LogP) is 2.24. The smallest absolute Gasteiger partial charge is 0.194 e. The molecule has 4 nitrogen and oxygen atoms in total. The summed E-state index contributed by atoms with van der Waals surface area (Å²) in [6, 6.07) is 7.74. The lowest BCUT2D eigenvalue weighted by Gasteiger charge is -2.04. The summed E-state index contributed by atoms with van der Waals surface area (Å²) in [6.07, 6.45) is 2.48. The standard InChI is InChI=1S/C13H16N2O2/c1-2-13-15-12(9-17-13)10-3-5-11(6-4-10)16-8-7-14/h3-6,9H,2,7-8,14H2,1H3. The summed E-state index contributed by atoms with van der Waals surface area (Å²) in [7, 11) is 0. The van der Waals surface area contributed by atoms with Gasteiger partial charge in [0.2, 0.25) is 0 Å². The molecular weight excluding hydrogens is 216 g/mol. The Balaban J connectivity index is 2.11. The lowest BCUT2D eigenvalue weighted by atomic mass is 10.2. The number of nitrogens with zero attached hydrogens (tertiary/aromatic N) is 1. The number of aryl methyl sites for hydroxylation is 1. The molecule has 4 heteroatoms. The van der Waals surface area contributed by atoms with E-state index in [1.165, 1.54) is 0 Å². The quantitative estimate of drug-likeness (QED) is 0.858. The van der Waals surface area contributed by atoms with E-state index in [-0.39, 0.29) is 0 Å². The Labute approximate surface area is 100 Å². The van der Waals surface area contributed by atoms with Crippen LogP contribution in [0, 0.1) is 0 Å². The third-order valence-corrected chi connectivity index (χ3v) is 2.39. The molecule has 0 fully saturated rings. The summed E-state index contributed by atoms with van der Waals surface area (Å²) in [4.78, 5) is 4.36. The largest absolute Gasteiger partial charge is 0.492 e. The van der Waals surface area contributed by atoms with Gasteiger partial charge in [0.15, 0.2) is 5.89 Å². The normalized spacial score (nSPS) is 10.5. The zero-order valence-electron chi connectivity index (χ0n) is 9.85. The van der Waals surface area contributed by atoms with E-state index >= 15 is 0 Å². The number of aromatic nitrogens is 1. The first-order chi connectivity index (χ1) is 8.33. The molecule has 0 saturated carbocycles. The molecule has 1 heterocycles. The second kappa shape index (κ2) is 5.50. The van der Waals surface area contributed by atoms with Crippen molar-refractivity contribution >= 4 is 0 Å². The first-order valence-electron chi connectivity index (χ1n) is 5.71. The maximum Gasteiger partial charge on any atom is 0.194 e. The first-order valence-corrected chi connectivity index (χ1v) is 5.71. The molecule has 2 N–H and O–H groups in total. The van der Waals surface area contributed by atoms with E-state index in [0.29, 0.717) is 13.2 Å². The SMILES string of the molecule is CCc1nc(-c2ccc(OCCN)cc2)co1. The molecule has 90 valence electrons. The van der Waals surface area contributed by atoms with Gasteiger partial charge in [-0.3, -0.25) is 0 Å². The third-order valence-electron chi connectivity index (χ3n) is 2.39. The Morgan fingerprint density at radius 2 is 2.06 bits per heavy atom. The van der Waals surface area contributed by atoms with E-state index in [1.54, 1.807) is 6.26 Å². The highest BCUT2D eigenvalue weighted by atomic mass is 16.5. The van der Waals surface area contributed by atoms with Crippen LogP contribution in [0.5, 0.6) is 5.75 Å². The van der Waals surface area contributed by atoms with E-state index in [4.69, 9.17) is 14.9 Å². The summed E-state index contributed by atoms with van der Waals surface area (Å²) in [6.45, 7) is 3.06. The first kappa shape index (κ1) is 11.7. The van der Waals surface area contributed by atoms with E-state index in [9.17, 15) is 0 Å². The summed E-state index contributed by atoms with van der Waals surface area (Å²) in [5.74, 6) is 1.57. The maximum atomic E-state index is 5.40. The molecule has 0 aliphatic rings. The van der Waals surface area contributed by atoms with Crippen LogP contribution < -0.4 is 10.5 Å². The Bertz CT molecular complexity index is 463. The van der Waals surface area contributed by atoms with E-state index in [2.05, 4.69) is 4.98 Å².